The Labute approximate surface area is 172 Å². The number of aromatic nitrogens is 2. The average molecular weight is 429 g/mol. The number of nitrogens with zero attached hydrogens (tertiary/aromatic N) is 1. The van der Waals surface area contributed by atoms with Crippen molar-refractivity contribution in [2.24, 2.45) is 0 Å². The highest BCUT2D eigenvalue weighted by Gasteiger charge is 2.19. The largest absolute Gasteiger partial charge is 0.490 e. The molecule has 0 amide bonds. The second-order valence-corrected chi connectivity index (χ2v) is 6.71. The summed E-state index contributed by atoms with van der Waals surface area (Å²) in [6.07, 6.45) is 2.68. The van der Waals surface area contributed by atoms with Crippen LogP contribution in [0.3, 0.4) is 0 Å². The zero-order valence-electron chi connectivity index (χ0n) is 15.5. The van der Waals surface area contributed by atoms with E-state index < -0.39 is 27.8 Å². The van der Waals surface area contributed by atoms with Gasteiger partial charge in [-0.1, -0.05) is 18.2 Å². The second-order valence-electron chi connectivity index (χ2n) is 5.77. The molecule has 0 fully saturated rings. The lowest BCUT2D eigenvalue weighted by molar-refractivity contribution is -0.386. The highest BCUT2D eigenvalue weighted by Crippen LogP contribution is 2.30. The number of rotatable bonds is 7. The summed E-state index contributed by atoms with van der Waals surface area (Å²) in [6.45, 7) is 2.07. The van der Waals surface area contributed by atoms with E-state index in [0.717, 1.165) is 0 Å². The van der Waals surface area contributed by atoms with Crippen LogP contribution in [0.15, 0.2) is 45.3 Å². The first kappa shape index (κ1) is 20.7. The fraction of sp³-hybridized carbons (Fsp3) is 0.105. The summed E-state index contributed by atoms with van der Waals surface area (Å²) in [5.74, 6) is -0.0210. The van der Waals surface area contributed by atoms with Crippen molar-refractivity contribution in [1.82, 2.24) is 9.97 Å². The number of H-pyrrole nitrogens is 2. The molecular formula is C19H15N3O7S. The van der Waals surface area contributed by atoms with E-state index in [2.05, 4.69) is 4.98 Å². The number of carbonyl (C=O) groups is 1. The van der Waals surface area contributed by atoms with Gasteiger partial charge in [0.05, 0.1) is 11.5 Å². The molecule has 0 radical (unpaired) electrons. The molecule has 0 atom stereocenters. The number of esters is 1. The second kappa shape index (κ2) is 9.01. The molecule has 0 bridgehead atoms. The minimum Gasteiger partial charge on any atom is -0.490 e. The van der Waals surface area contributed by atoms with Crippen molar-refractivity contribution < 1.29 is 19.2 Å². The summed E-state index contributed by atoms with van der Waals surface area (Å²) in [6, 6.07) is 8.04. The van der Waals surface area contributed by atoms with Gasteiger partial charge in [-0.05, 0) is 42.1 Å². The van der Waals surface area contributed by atoms with Crippen LogP contribution in [-0.4, -0.2) is 27.5 Å². The van der Waals surface area contributed by atoms with Crippen LogP contribution in [0.4, 0.5) is 5.69 Å². The number of benzene rings is 1. The van der Waals surface area contributed by atoms with Gasteiger partial charge in [-0.3, -0.25) is 19.9 Å². The van der Waals surface area contributed by atoms with Gasteiger partial charge in [-0.2, -0.15) is 0 Å². The zero-order valence-corrected chi connectivity index (χ0v) is 16.4. The maximum atomic E-state index is 12.2. The summed E-state index contributed by atoms with van der Waals surface area (Å²) in [5, 5.41) is 12.9. The summed E-state index contributed by atoms with van der Waals surface area (Å²) >= 11 is 1.25. The maximum Gasteiger partial charge on any atom is 0.357 e. The van der Waals surface area contributed by atoms with Gasteiger partial charge >= 0.3 is 22.9 Å². The number of thiophene rings is 1. The monoisotopic (exact) mass is 429 g/mol. The Bertz CT molecular complexity index is 1230. The molecular weight excluding hydrogens is 414 g/mol. The van der Waals surface area contributed by atoms with Gasteiger partial charge in [0, 0.05) is 0 Å². The molecule has 10 nitrogen and oxygen atoms in total. The number of hydrogen-bond acceptors (Lipinski definition) is 8. The standard InChI is InChI=1S/C19H15N3O7S/c1-2-28-14-10-11(6-8-13(14)29-18(24)15-4-3-9-30-15)5-7-12-16(22(26)27)17(23)21-19(25)20-12/h3-10H,2H2,1H3,(H2,20,21,23,25)/b7-5+. The smallest absolute Gasteiger partial charge is 0.357 e. The first-order chi connectivity index (χ1) is 14.4. The van der Waals surface area contributed by atoms with Gasteiger partial charge in [-0.15, -0.1) is 11.3 Å². The van der Waals surface area contributed by atoms with Gasteiger partial charge in [0.2, 0.25) is 0 Å². The molecule has 2 N–H and O–H groups in total. The van der Waals surface area contributed by atoms with Crippen LogP contribution in [0.5, 0.6) is 11.5 Å². The van der Waals surface area contributed by atoms with Gasteiger partial charge in [0.25, 0.3) is 0 Å². The zero-order chi connectivity index (χ0) is 21.7. The fourth-order valence-electron chi connectivity index (χ4n) is 2.50. The van der Waals surface area contributed by atoms with E-state index in [4.69, 9.17) is 9.47 Å². The third kappa shape index (κ3) is 4.70. The number of hydrogen-bond donors (Lipinski definition) is 2. The predicted octanol–water partition coefficient (Wildman–Crippen LogP) is 2.82. The summed E-state index contributed by atoms with van der Waals surface area (Å²) in [5.41, 5.74) is -2.47. The molecule has 3 aromatic rings. The topological polar surface area (TPSA) is 144 Å². The van der Waals surface area contributed by atoms with Gasteiger partial charge in [-0.25, -0.2) is 9.59 Å². The number of carbonyl (C=O) groups excluding carboxylic acids is 1. The highest BCUT2D eigenvalue weighted by atomic mass is 32.1. The van der Waals surface area contributed by atoms with Crippen LogP contribution in [0.1, 0.15) is 27.9 Å². The van der Waals surface area contributed by atoms with Crippen LogP contribution < -0.4 is 20.7 Å². The van der Waals surface area contributed by atoms with E-state index in [-0.39, 0.29) is 11.4 Å². The normalized spacial score (nSPS) is 10.8. The summed E-state index contributed by atoms with van der Waals surface area (Å²) < 4.78 is 10.9. The van der Waals surface area contributed by atoms with Crippen molar-refractivity contribution in [2.75, 3.05) is 6.61 Å². The van der Waals surface area contributed by atoms with E-state index in [1.807, 2.05) is 4.98 Å². The summed E-state index contributed by atoms with van der Waals surface area (Å²) in [7, 11) is 0. The molecule has 0 aliphatic heterocycles. The van der Waals surface area contributed by atoms with E-state index in [9.17, 15) is 24.5 Å². The van der Waals surface area contributed by atoms with Crippen LogP contribution in [0, 0.1) is 10.1 Å². The molecule has 0 spiro atoms. The Morgan fingerprint density at radius 2 is 2.00 bits per heavy atom. The molecule has 0 unspecified atom stereocenters. The highest BCUT2D eigenvalue weighted by molar-refractivity contribution is 7.12. The van der Waals surface area contributed by atoms with Crippen LogP contribution in [0.2, 0.25) is 0 Å². The molecule has 3 rings (SSSR count). The van der Waals surface area contributed by atoms with Gasteiger partial charge in [0.1, 0.15) is 10.6 Å². The van der Waals surface area contributed by atoms with E-state index in [1.54, 1.807) is 36.6 Å². The summed E-state index contributed by atoms with van der Waals surface area (Å²) in [4.78, 5) is 50.0. The van der Waals surface area contributed by atoms with E-state index in [0.29, 0.717) is 22.8 Å². The van der Waals surface area contributed by atoms with Crippen molar-refractivity contribution in [3.63, 3.8) is 0 Å². The quantitative estimate of drug-likeness (QED) is 0.254. The molecule has 0 aliphatic rings. The first-order valence-corrected chi connectivity index (χ1v) is 9.48. The molecule has 0 saturated heterocycles. The molecule has 154 valence electrons. The number of ether oxygens (including phenoxy) is 2. The molecule has 1 aromatic carbocycles. The van der Waals surface area contributed by atoms with Crippen LogP contribution in [-0.2, 0) is 0 Å². The molecule has 11 heteroatoms. The lowest BCUT2D eigenvalue weighted by Gasteiger charge is -2.11. The van der Waals surface area contributed by atoms with E-state index in [1.165, 1.54) is 29.6 Å². The Morgan fingerprint density at radius 3 is 2.67 bits per heavy atom. The molecule has 0 saturated carbocycles. The molecule has 0 aliphatic carbocycles. The minimum atomic E-state index is -1.10. The van der Waals surface area contributed by atoms with Crippen molar-refractivity contribution in [3.8, 4) is 11.5 Å². The minimum absolute atomic E-state index is 0.211. The van der Waals surface area contributed by atoms with E-state index >= 15 is 0 Å². The van der Waals surface area contributed by atoms with Gasteiger partial charge < -0.3 is 14.5 Å². The molecule has 2 aromatic heterocycles. The number of aromatic amines is 2. The van der Waals surface area contributed by atoms with Crippen LogP contribution in [0.25, 0.3) is 12.2 Å². The van der Waals surface area contributed by atoms with Crippen molar-refractivity contribution >= 4 is 35.1 Å². The van der Waals surface area contributed by atoms with Crippen molar-refractivity contribution in [1.29, 1.82) is 0 Å². The lowest BCUT2D eigenvalue weighted by atomic mass is 10.1. The third-order valence-corrected chi connectivity index (χ3v) is 4.61. The average Bonchev–Trinajstić information content (AvgIpc) is 3.22. The molecule has 30 heavy (non-hydrogen) atoms. The molecule has 2 heterocycles. The number of nitrogens with one attached hydrogen (secondary N) is 2. The Kier molecular flexibility index (Phi) is 6.23. The van der Waals surface area contributed by atoms with Crippen molar-refractivity contribution in [3.05, 3.63) is 82.8 Å². The van der Waals surface area contributed by atoms with Crippen molar-refractivity contribution in [2.45, 2.75) is 6.92 Å². The fourth-order valence-corrected chi connectivity index (χ4v) is 3.10. The van der Waals surface area contributed by atoms with Crippen LogP contribution >= 0.6 is 11.3 Å². The van der Waals surface area contributed by atoms with Gasteiger partial charge in [0.15, 0.2) is 11.5 Å². The predicted molar refractivity (Wildman–Crippen MR) is 110 cm³/mol. The maximum absolute atomic E-state index is 12.2. The first-order valence-electron chi connectivity index (χ1n) is 8.60. The Balaban J connectivity index is 1.92. The Hall–Kier alpha value is -3.99. The Morgan fingerprint density at radius 1 is 1.20 bits per heavy atom. The third-order valence-electron chi connectivity index (χ3n) is 3.76. The lowest BCUT2D eigenvalue weighted by Crippen LogP contribution is -2.25. The SMILES string of the molecule is CCOc1cc(/C=C/c2[nH]c(=O)[nH]c(=O)c2[N+](=O)[O-])ccc1OC(=O)c1cccs1. The number of nitro groups is 1.